The highest BCUT2D eigenvalue weighted by atomic mass is 32.2. The number of alkyl halides is 3. The van der Waals surface area contributed by atoms with Crippen molar-refractivity contribution in [2.75, 3.05) is 13.3 Å². The van der Waals surface area contributed by atoms with Crippen LogP contribution in [0.1, 0.15) is 38.2 Å². The third kappa shape index (κ3) is 6.05. The van der Waals surface area contributed by atoms with Crippen molar-refractivity contribution in [2.45, 2.75) is 29.7 Å². The summed E-state index contributed by atoms with van der Waals surface area (Å²) in [5, 5.41) is 0. The Morgan fingerprint density at radius 1 is 0.911 bits per heavy atom. The standard InChI is InChI=1S/C33H29F3N4O4S/c1-39(21-23-11-9-10-16-28(23)45(2,43)44)29(41)26-19-22(17-18-27(26)33(34,35)36)20-40-30(42)32(38-31(40)37,24-12-5-3-6-13-24)25-14-7-4-8-15-25/h3-19H,20-21H2,1-2H3,(H2,37,38). The van der Waals surface area contributed by atoms with Crippen LogP contribution < -0.4 is 5.73 Å². The molecule has 232 valence electrons. The summed E-state index contributed by atoms with van der Waals surface area (Å²) in [6.07, 6.45) is -3.85. The molecule has 0 atom stereocenters. The van der Waals surface area contributed by atoms with Crippen LogP contribution in [0.4, 0.5) is 13.2 Å². The summed E-state index contributed by atoms with van der Waals surface area (Å²) < 4.78 is 66.8. The molecular formula is C33H29F3N4O4S. The van der Waals surface area contributed by atoms with Crippen LogP contribution in [-0.2, 0) is 39.4 Å². The van der Waals surface area contributed by atoms with Crippen molar-refractivity contribution in [3.63, 3.8) is 0 Å². The molecule has 1 heterocycles. The van der Waals surface area contributed by atoms with Crippen LogP contribution in [0.3, 0.4) is 0 Å². The van der Waals surface area contributed by atoms with Gasteiger partial charge in [0.2, 0.25) is 0 Å². The van der Waals surface area contributed by atoms with E-state index in [0.29, 0.717) is 11.1 Å². The van der Waals surface area contributed by atoms with Gasteiger partial charge in [-0.15, -0.1) is 0 Å². The Morgan fingerprint density at radius 2 is 1.47 bits per heavy atom. The number of hydrogen-bond donors (Lipinski definition) is 1. The molecule has 0 bridgehead atoms. The molecule has 0 spiro atoms. The van der Waals surface area contributed by atoms with Gasteiger partial charge in [0, 0.05) is 19.8 Å². The van der Waals surface area contributed by atoms with Crippen LogP contribution >= 0.6 is 0 Å². The van der Waals surface area contributed by atoms with Gasteiger partial charge in [-0.25, -0.2) is 13.4 Å². The van der Waals surface area contributed by atoms with Gasteiger partial charge in [-0.2, -0.15) is 13.2 Å². The molecule has 0 saturated heterocycles. The number of benzene rings is 4. The Bertz CT molecular complexity index is 1860. The fourth-order valence-corrected chi connectivity index (χ4v) is 6.39. The fraction of sp³-hybridized carbons (Fsp3) is 0.182. The van der Waals surface area contributed by atoms with E-state index in [9.17, 15) is 31.2 Å². The lowest BCUT2D eigenvalue weighted by atomic mass is 9.83. The van der Waals surface area contributed by atoms with E-state index in [1.807, 2.05) is 0 Å². The molecule has 0 saturated carbocycles. The number of aliphatic imine (C=N–C) groups is 1. The molecule has 4 aromatic carbocycles. The first kappa shape index (κ1) is 31.5. The quantitative estimate of drug-likeness (QED) is 0.294. The summed E-state index contributed by atoms with van der Waals surface area (Å²) in [5.41, 5.74) is 4.55. The average molecular weight is 635 g/mol. The van der Waals surface area contributed by atoms with Crippen molar-refractivity contribution >= 4 is 27.6 Å². The van der Waals surface area contributed by atoms with E-state index >= 15 is 0 Å². The number of carbonyl (C=O) groups is 2. The number of sulfone groups is 1. The van der Waals surface area contributed by atoms with Crippen molar-refractivity contribution in [3.8, 4) is 0 Å². The summed E-state index contributed by atoms with van der Waals surface area (Å²) in [4.78, 5) is 34.4. The topological polar surface area (TPSA) is 113 Å². The summed E-state index contributed by atoms with van der Waals surface area (Å²) in [6, 6.07) is 26.7. The molecule has 1 aliphatic heterocycles. The SMILES string of the molecule is CN(Cc1ccccc1S(C)(=O)=O)C(=O)c1cc(CN2C(=O)C(c3ccccc3)(c3ccccc3)N=C2N)ccc1C(F)(F)F. The Morgan fingerprint density at radius 3 is 2.02 bits per heavy atom. The molecule has 45 heavy (non-hydrogen) atoms. The van der Waals surface area contributed by atoms with Gasteiger partial charge >= 0.3 is 6.18 Å². The van der Waals surface area contributed by atoms with Gasteiger partial charge < -0.3 is 10.6 Å². The van der Waals surface area contributed by atoms with E-state index in [0.717, 1.165) is 23.3 Å². The first-order valence-corrected chi connectivity index (χ1v) is 15.6. The molecule has 0 unspecified atom stereocenters. The maximum Gasteiger partial charge on any atom is 0.417 e. The second-order valence-corrected chi connectivity index (χ2v) is 12.7. The Kier molecular flexibility index (Phi) is 8.28. The highest BCUT2D eigenvalue weighted by molar-refractivity contribution is 7.90. The van der Waals surface area contributed by atoms with Crippen LogP contribution in [0.15, 0.2) is 113 Å². The molecule has 8 nitrogen and oxygen atoms in total. The van der Waals surface area contributed by atoms with Crippen molar-refractivity contribution in [2.24, 2.45) is 10.7 Å². The lowest BCUT2D eigenvalue weighted by Gasteiger charge is -2.27. The van der Waals surface area contributed by atoms with E-state index < -0.39 is 44.5 Å². The molecular weight excluding hydrogens is 605 g/mol. The minimum Gasteiger partial charge on any atom is -0.369 e. The zero-order valence-corrected chi connectivity index (χ0v) is 25.1. The molecule has 0 fully saturated rings. The number of guanidine groups is 1. The van der Waals surface area contributed by atoms with Crippen molar-refractivity contribution in [1.29, 1.82) is 0 Å². The Hall–Kier alpha value is -4.97. The smallest absolute Gasteiger partial charge is 0.369 e. The second kappa shape index (κ2) is 11.8. The first-order valence-electron chi connectivity index (χ1n) is 13.8. The van der Waals surface area contributed by atoms with Gasteiger partial charge in [-0.05, 0) is 40.5 Å². The van der Waals surface area contributed by atoms with Gasteiger partial charge in [0.05, 0.1) is 22.6 Å². The van der Waals surface area contributed by atoms with E-state index in [1.165, 1.54) is 36.2 Å². The first-order chi connectivity index (χ1) is 21.2. The summed E-state index contributed by atoms with van der Waals surface area (Å²) in [5.74, 6) is -1.61. The number of rotatable bonds is 8. The zero-order valence-electron chi connectivity index (χ0n) is 24.3. The van der Waals surface area contributed by atoms with Crippen LogP contribution in [0.25, 0.3) is 0 Å². The number of halogens is 3. The summed E-state index contributed by atoms with van der Waals surface area (Å²) >= 11 is 0. The van der Waals surface area contributed by atoms with Crippen LogP contribution in [0, 0.1) is 0 Å². The van der Waals surface area contributed by atoms with E-state index in [2.05, 4.69) is 4.99 Å². The third-order valence-corrected chi connectivity index (χ3v) is 8.78. The number of nitrogens with two attached hydrogens (primary N) is 1. The molecule has 4 aromatic rings. The molecule has 2 N–H and O–H groups in total. The van der Waals surface area contributed by atoms with Crippen LogP contribution in [-0.4, -0.2) is 49.3 Å². The number of hydrogen-bond acceptors (Lipinski definition) is 6. The van der Waals surface area contributed by atoms with E-state index in [4.69, 9.17) is 5.73 Å². The van der Waals surface area contributed by atoms with Gasteiger partial charge in [-0.1, -0.05) is 84.9 Å². The number of carbonyl (C=O) groups excluding carboxylic acids is 2. The largest absolute Gasteiger partial charge is 0.417 e. The molecule has 0 radical (unpaired) electrons. The molecule has 1 aliphatic rings. The lowest BCUT2D eigenvalue weighted by molar-refractivity contribution is -0.138. The van der Waals surface area contributed by atoms with Gasteiger partial charge in [0.25, 0.3) is 11.8 Å². The minimum absolute atomic E-state index is 0.0305. The van der Waals surface area contributed by atoms with Crippen LogP contribution in [0.2, 0.25) is 0 Å². The Balaban J connectivity index is 1.50. The number of amides is 2. The van der Waals surface area contributed by atoms with Gasteiger partial charge in [0.15, 0.2) is 21.3 Å². The summed E-state index contributed by atoms with van der Waals surface area (Å²) in [6.45, 7) is -0.515. The molecule has 0 aromatic heterocycles. The maximum absolute atomic E-state index is 14.1. The molecule has 2 amide bonds. The second-order valence-electron chi connectivity index (χ2n) is 10.7. The monoisotopic (exact) mass is 634 g/mol. The zero-order chi connectivity index (χ0) is 32.6. The lowest BCUT2D eigenvalue weighted by Crippen LogP contribution is -2.43. The van der Waals surface area contributed by atoms with Crippen LogP contribution in [0.5, 0.6) is 0 Å². The normalized spacial score (nSPS) is 14.7. The van der Waals surface area contributed by atoms with Crippen molar-refractivity contribution in [1.82, 2.24) is 9.80 Å². The summed E-state index contributed by atoms with van der Waals surface area (Å²) in [7, 11) is -2.37. The van der Waals surface area contributed by atoms with Gasteiger partial charge in [-0.3, -0.25) is 14.5 Å². The number of nitrogens with zero attached hydrogens (tertiary/aromatic N) is 3. The molecule has 12 heteroatoms. The molecule has 5 rings (SSSR count). The van der Waals surface area contributed by atoms with Gasteiger partial charge in [0.1, 0.15) is 0 Å². The maximum atomic E-state index is 14.1. The highest BCUT2D eigenvalue weighted by Gasteiger charge is 2.50. The van der Waals surface area contributed by atoms with E-state index in [-0.39, 0.29) is 35.1 Å². The predicted octanol–water partition coefficient (Wildman–Crippen LogP) is 4.98. The highest BCUT2D eigenvalue weighted by Crippen LogP contribution is 2.40. The minimum atomic E-state index is -4.87. The fourth-order valence-electron chi connectivity index (χ4n) is 5.46. The third-order valence-electron chi connectivity index (χ3n) is 7.58. The average Bonchev–Trinajstić information content (AvgIpc) is 3.26. The Labute approximate surface area is 258 Å². The van der Waals surface area contributed by atoms with Crippen molar-refractivity contribution in [3.05, 3.63) is 137 Å². The van der Waals surface area contributed by atoms with Crippen molar-refractivity contribution < 1.29 is 31.2 Å². The molecule has 0 aliphatic carbocycles. The predicted molar refractivity (Wildman–Crippen MR) is 163 cm³/mol. The van der Waals surface area contributed by atoms with E-state index in [1.54, 1.807) is 66.7 Å².